The van der Waals surface area contributed by atoms with E-state index in [4.69, 9.17) is 4.52 Å². The summed E-state index contributed by atoms with van der Waals surface area (Å²) in [6, 6.07) is 0.601. The number of likely N-dealkylation sites (tertiary alicyclic amines) is 1. The van der Waals surface area contributed by atoms with Crippen LogP contribution in [0.5, 0.6) is 0 Å². The molecule has 96 valence electrons. The molecule has 0 spiro atoms. The van der Waals surface area contributed by atoms with E-state index in [9.17, 15) is 0 Å². The Balaban J connectivity index is 1.94. The van der Waals surface area contributed by atoms with Crippen LogP contribution in [-0.2, 0) is 12.0 Å². The Kier molecular flexibility index (Phi) is 3.49. The number of aromatic nitrogens is 2. The lowest BCUT2D eigenvalue weighted by atomic mass is 9.97. The third-order valence-corrected chi connectivity index (χ3v) is 3.16. The zero-order chi connectivity index (χ0) is 12.5. The van der Waals surface area contributed by atoms with Crippen molar-refractivity contribution in [3.8, 4) is 0 Å². The van der Waals surface area contributed by atoms with Crippen molar-refractivity contribution >= 4 is 0 Å². The van der Waals surface area contributed by atoms with Crippen molar-refractivity contribution in [3.05, 3.63) is 11.7 Å². The lowest BCUT2D eigenvalue weighted by molar-refractivity contribution is 0.294. The first-order valence-electron chi connectivity index (χ1n) is 6.21. The van der Waals surface area contributed by atoms with Crippen LogP contribution in [0.4, 0.5) is 0 Å². The molecule has 1 aliphatic rings. The van der Waals surface area contributed by atoms with Gasteiger partial charge in [-0.15, -0.1) is 0 Å². The fourth-order valence-electron chi connectivity index (χ4n) is 2.03. The van der Waals surface area contributed by atoms with Gasteiger partial charge in [-0.25, -0.2) is 0 Å². The van der Waals surface area contributed by atoms with E-state index in [1.807, 2.05) is 7.05 Å². The summed E-state index contributed by atoms with van der Waals surface area (Å²) in [5.74, 6) is 1.52. The maximum Gasteiger partial charge on any atom is 0.232 e. The largest absolute Gasteiger partial charge is 0.339 e. The Labute approximate surface area is 103 Å². The smallest absolute Gasteiger partial charge is 0.232 e. The molecule has 1 unspecified atom stereocenters. The Bertz CT molecular complexity index is 369. The highest BCUT2D eigenvalue weighted by molar-refractivity contribution is 4.98. The fraction of sp³-hybridized carbons (Fsp3) is 0.833. The minimum atomic E-state index is -0.0657. The molecular formula is C12H22N4O. The van der Waals surface area contributed by atoms with Gasteiger partial charge in [0.1, 0.15) is 0 Å². The Morgan fingerprint density at radius 2 is 2.24 bits per heavy atom. The quantitative estimate of drug-likeness (QED) is 0.856. The number of rotatable bonds is 3. The van der Waals surface area contributed by atoms with Crippen LogP contribution in [0.3, 0.4) is 0 Å². The van der Waals surface area contributed by atoms with Crippen LogP contribution in [0, 0.1) is 0 Å². The van der Waals surface area contributed by atoms with E-state index in [-0.39, 0.29) is 5.41 Å². The Morgan fingerprint density at radius 1 is 1.47 bits per heavy atom. The average molecular weight is 238 g/mol. The number of nitrogens with one attached hydrogen (secondary N) is 1. The minimum Gasteiger partial charge on any atom is -0.339 e. The normalized spacial score (nSPS) is 22.2. The van der Waals surface area contributed by atoms with Gasteiger partial charge in [-0.2, -0.15) is 4.98 Å². The molecule has 2 heterocycles. The van der Waals surface area contributed by atoms with Gasteiger partial charge in [0, 0.05) is 24.5 Å². The summed E-state index contributed by atoms with van der Waals surface area (Å²) >= 11 is 0. The van der Waals surface area contributed by atoms with Gasteiger partial charge in [-0.05, 0) is 13.5 Å². The van der Waals surface area contributed by atoms with Crippen molar-refractivity contribution in [1.29, 1.82) is 0 Å². The van der Waals surface area contributed by atoms with Crippen molar-refractivity contribution in [1.82, 2.24) is 20.4 Å². The van der Waals surface area contributed by atoms with Crippen molar-refractivity contribution in [2.24, 2.45) is 0 Å². The van der Waals surface area contributed by atoms with Crippen LogP contribution < -0.4 is 5.32 Å². The molecule has 5 heteroatoms. The second-order valence-electron chi connectivity index (χ2n) is 5.78. The molecular weight excluding hydrogens is 216 g/mol. The van der Waals surface area contributed by atoms with Gasteiger partial charge in [0.25, 0.3) is 0 Å². The first-order chi connectivity index (χ1) is 7.99. The van der Waals surface area contributed by atoms with Crippen LogP contribution in [0.15, 0.2) is 4.52 Å². The Hall–Kier alpha value is -0.940. The van der Waals surface area contributed by atoms with E-state index in [1.165, 1.54) is 6.42 Å². The minimum absolute atomic E-state index is 0.0657. The summed E-state index contributed by atoms with van der Waals surface area (Å²) in [4.78, 5) is 6.82. The lowest BCUT2D eigenvalue weighted by Crippen LogP contribution is -2.29. The molecule has 2 rings (SSSR count). The molecule has 0 saturated carbocycles. The summed E-state index contributed by atoms with van der Waals surface area (Å²) < 4.78 is 5.29. The van der Waals surface area contributed by atoms with Gasteiger partial charge in [0.2, 0.25) is 5.89 Å². The van der Waals surface area contributed by atoms with Crippen LogP contribution in [0.25, 0.3) is 0 Å². The lowest BCUT2D eigenvalue weighted by Gasteiger charge is -2.13. The summed E-state index contributed by atoms with van der Waals surface area (Å²) in [5.41, 5.74) is -0.0657. The third kappa shape index (κ3) is 3.04. The van der Waals surface area contributed by atoms with E-state index in [0.29, 0.717) is 6.04 Å². The van der Waals surface area contributed by atoms with E-state index in [1.54, 1.807) is 0 Å². The van der Waals surface area contributed by atoms with Crippen molar-refractivity contribution < 1.29 is 4.52 Å². The van der Waals surface area contributed by atoms with Crippen LogP contribution in [0.2, 0.25) is 0 Å². The SMILES string of the molecule is CNC1CCN(Cc2noc(C(C)(C)C)n2)C1. The molecule has 0 aliphatic carbocycles. The molecule has 0 aromatic carbocycles. The molecule has 1 aromatic rings. The van der Waals surface area contributed by atoms with Gasteiger partial charge in [0.15, 0.2) is 5.82 Å². The van der Waals surface area contributed by atoms with Crippen LogP contribution in [-0.4, -0.2) is 41.2 Å². The monoisotopic (exact) mass is 238 g/mol. The number of hydrogen-bond donors (Lipinski definition) is 1. The maximum atomic E-state index is 5.29. The molecule has 1 N–H and O–H groups in total. The van der Waals surface area contributed by atoms with E-state index in [0.717, 1.165) is 31.3 Å². The molecule has 5 nitrogen and oxygen atoms in total. The molecule has 1 atom stereocenters. The first-order valence-corrected chi connectivity index (χ1v) is 6.21. The molecule has 17 heavy (non-hydrogen) atoms. The standard InChI is InChI=1S/C12H22N4O/c1-12(2,3)11-14-10(15-17-11)8-16-6-5-9(7-16)13-4/h9,13H,5-8H2,1-4H3. The van der Waals surface area contributed by atoms with Gasteiger partial charge in [-0.3, -0.25) is 4.90 Å². The predicted octanol–water partition coefficient (Wildman–Crippen LogP) is 1.16. The second kappa shape index (κ2) is 4.74. The van der Waals surface area contributed by atoms with Crippen LogP contribution >= 0.6 is 0 Å². The van der Waals surface area contributed by atoms with Crippen LogP contribution in [0.1, 0.15) is 38.9 Å². The van der Waals surface area contributed by atoms with Crippen molar-refractivity contribution in [3.63, 3.8) is 0 Å². The summed E-state index contributed by atoms with van der Waals surface area (Å²) in [7, 11) is 2.01. The highest BCUT2D eigenvalue weighted by atomic mass is 16.5. The summed E-state index contributed by atoms with van der Waals surface area (Å²) in [6.07, 6.45) is 1.19. The van der Waals surface area contributed by atoms with Gasteiger partial charge in [0.05, 0.1) is 6.54 Å². The number of nitrogens with zero attached hydrogens (tertiary/aromatic N) is 3. The second-order valence-corrected chi connectivity index (χ2v) is 5.78. The van der Waals surface area contributed by atoms with Gasteiger partial charge in [-0.1, -0.05) is 25.9 Å². The number of hydrogen-bond acceptors (Lipinski definition) is 5. The highest BCUT2D eigenvalue weighted by Crippen LogP contribution is 2.20. The Morgan fingerprint density at radius 3 is 2.76 bits per heavy atom. The number of likely N-dealkylation sites (N-methyl/N-ethyl adjacent to an activating group) is 1. The molecule has 1 fully saturated rings. The van der Waals surface area contributed by atoms with Crippen molar-refractivity contribution in [2.75, 3.05) is 20.1 Å². The molecule has 0 amide bonds. The fourth-order valence-corrected chi connectivity index (χ4v) is 2.03. The predicted molar refractivity (Wildman–Crippen MR) is 65.7 cm³/mol. The van der Waals surface area contributed by atoms with Gasteiger partial charge >= 0.3 is 0 Å². The van der Waals surface area contributed by atoms with Gasteiger partial charge < -0.3 is 9.84 Å². The molecule has 1 aromatic heterocycles. The highest BCUT2D eigenvalue weighted by Gasteiger charge is 2.25. The summed E-state index contributed by atoms with van der Waals surface area (Å²) in [6.45, 7) is 9.20. The molecule has 0 radical (unpaired) electrons. The maximum absolute atomic E-state index is 5.29. The third-order valence-electron chi connectivity index (χ3n) is 3.16. The van der Waals surface area contributed by atoms with Crippen molar-refractivity contribution in [2.45, 2.75) is 45.2 Å². The molecule has 1 saturated heterocycles. The zero-order valence-corrected chi connectivity index (χ0v) is 11.2. The van der Waals surface area contributed by atoms with E-state index < -0.39 is 0 Å². The average Bonchev–Trinajstić information content (AvgIpc) is 2.86. The summed E-state index contributed by atoms with van der Waals surface area (Å²) in [5, 5.41) is 7.35. The van der Waals surface area contributed by atoms with E-state index >= 15 is 0 Å². The topological polar surface area (TPSA) is 54.2 Å². The molecule has 0 bridgehead atoms. The molecule has 1 aliphatic heterocycles. The van der Waals surface area contributed by atoms with E-state index in [2.05, 4.69) is 41.1 Å². The first kappa shape index (κ1) is 12.5. The zero-order valence-electron chi connectivity index (χ0n) is 11.2.